The van der Waals surface area contributed by atoms with Crippen LogP contribution in [0.2, 0.25) is 0 Å². The summed E-state index contributed by atoms with van der Waals surface area (Å²) in [5.41, 5.74) is 2.97. The molecule has 1 amide bonds. The number of phenolic OH excluding ortho intramolecular Hbond substituents is 1. The zero-order valence-corrected chi connectivity index (χ0v) is 13.3. The molecule has 2 aromatic rings. The second-order valence-corrected chi connectivity index (χ2v) is 5.50. The number of carbonyl (C=O) groups is 1. The molecule has 0 aliphatic carbocycles. The topological polar surface area (TPSA) is 58.6 Å². The van der Waals surface area contributed by atoms with Gasteiger partial charge in [-0.25, -0.2) is 0 Å². The molecule has 0 bridgehead atoms. The Morgan fingerprint density at radius 1 is 1.18 bits per heavy atom. The first-order valence-electron chi connectivity index (χ1n) is 7.22. The maximum Gasteiger partial charge on any atom is 0.263 e. The van der Waals surface area contributed by atoms with Crippen molar-refractivity contribution in [1.29, 1.82) is 0 Å². The lowest BCUT2D eigenvalue weighted by Crippen LogP contribution is -2.16. The van der Waals surface area contributed by atoms with Gasteiger partial charge in [-0.3, -0.25) is 4.79 Å². The van der Waals surface area contributed by atoms with Crippen LogP contribution in [0.1, 0.15) is 41.3 Å². The van der Waals surface area contributed by atoms with Crippen LogP contribution in [-0.4, -0.2) is 18.1 Å². The van der Waals surface area contributed by atoms with Crippen molar-refractivity contribution in [2.45, 2.75) is 26.7 Å². The third-order valence-electron chi connectivity index (χ3n) is 3.62. The van der Waals surface area contributed by atoms with E-state index in [9.17, 15) is 9.90 Å². The molecule has 0 atom stereocenters. The average molecular weight is 299 g/mol. The minimum absolute atomic E-state index is 0.100. The maximum absolute atomic E-state index is 12.6. The van der Waals surface area contributed by atoms with Crippen LogP contribution in [0.15, 0.2) is 36.4 Å². The number of anilines is 1. The van der Waals surface area contributed by atoms with Crippen molar-refractivity contribution in [2.75, 3.05) is 12.4 Å². The van der Waals surface area contributed by atoms with Gasteiger partial charge in [0.2, 0.25) is 0 Å². The zero-order chi connectivity index (χ0) is 16.3. The largest absolute Gasteiger partial charge is 0.507 e. The summed E-state index contributed by atoms with van der Waals surface area (Å²) in [4.78, 5) is 12.6. The lowest BCUT2D eigenvalue weighted by molar-refractivity contribution is 0.102. The van der Waals surface area contributed by atoms with E-state index in [0.29, 0.717) is 5.75 Å². The van der Waals surface area contributed by atoms with Crippen molar-refractivity contribution in [3.8, 4) is 11.5 Å². The van der Waals surface area contributed by atoms with Crippen LogP contribution in [0.5, 0.6) is 11.5 Å². The summed E-state index contributed by atoms with van der Waals surface area (Å²) >= 11 is 0. The van der Waals surface area contributed by atoms with Gasteiger partial charge in [-0.1, -0.05) is 38.1 Å². The Balaban J connectivity index is 2.43. The Bertz CT molecular complexity index is 693. The fraction of sp³-hybridized carbons (Fsp3) is 0.278. The molecule has 0 heterocycles. The number of nitrogens with one attached hydrogen (secondary N) is 1. The zero-order valence-electron chi connectivity index (χ0n) is 13.3. The summed E-state index contributed by atoms with van der Waals surface area (Å²) in [7, 11) is 1.47. The predicted molar refractivity (Wildman–Crippen MR) is 87.9 cm³/mol. The summed E-state index contributed by atoms with van der Waals surface area (Å²) in [5.74, 6) is 0.140. The van der Waals surface area contributed by atoms with Crippen molar-refractivity contribution < 1.29 is 14.6 Å². The van der Waals surface area contributed by atoms with Crippen LogP contribution in [0, 0.1) is 6.92 Å². The molecular weight excluding hydrogens is 278 g/mol. The molecule has 2 N–H and O–H groups in total. The molecule has 0 aliphatic heterocycles. The highest BCUT2D eigenvalue weighted by Gasteiger charge is 2.19. The highest BCUT2D eigenvalue weighted by molar-refractivity contribution is 6.08. The first-order chi connectivity index (χ1) is 10.5. The number of hydrogen-bond donors (Lipinski definition) is 2. The second-order valence-electron chi connectivity index (χ2n) is 5.50. The number of ether oxygens (including phenoxy) is 1. The van der Waals surface area contributed by atoms with Gasteiger partial charge in [0.1, 0.15) is 17.1 Å². The van der Waals surface area contributed by atoms with Gasteiger partial charge in [0, 0.05) is 5.69 Å². The Hall–Kier alpha value is -2.49. The van der Waals surface area contributed by atoms with Crippen molar-refractivity contribution in [2.24, 2.45) is 0 Å². The number of phenols is 1. The van der Waals surface area contributed by atoms with E-state index in [4.69, 9.17) is 4.74 Å². The number of amides is 1. The van der Waals surface area contributed by atoms with Crippen molar-refractivity contribution in [3.63, 3.8) is 0 Å². The fourth-order valence-electron chi connectivity index (χ4n) is 2.44. The van der Waals surface area contributed by atoms with Gasteiger partial charge >= 0.3 is 0 Å². The van der Waals surface area contributed by atoms with E-state index in [1.54, 1.807) is 12.1 Å². The molecule has 2 aromatic carbocycles. The Morgan fingerprint density at radius 2 is 1.86 bits per heavy atom. The molecule has 0 fully saturated rings. The summed E-state index contributed by atoms with van der Waals surface area (Å²) in [6.07, 6.45) is 0. The van der Waals surface area contributed by atoms with E-state index in [1.807, 2.05) is 25.1 Å². The van der Waals surface area contributed by atoms with Gasteiger partial charge in [-0.2, -0.15) is 0 Å². The second kappa shape index (κ2) is 6.52. The fourth-order valence-corrected chi connectivity index (χ4v) is 2.44. The highest BCUT2D eigenvalue weighted by Crippen LogP contribution is 2.31. The SMILES string of the molecule is COc1cccc(O)c1C(=O)Nc1c(C)cccc1C(C)C. The summed E-state index contributed by atoms with van der Waals surface area (Å²) in [6, 6.07) is 10.7. The molecule has 4 nitrogen and oxygen atoms in total. The third kappa shape index (κ3) is 3.06. The lowest BCUT2D eigenvalue weighted by atomic mass is 9.98. The number of aromatic hydroxyl groups is 1. The molecule has 0 aromatic heterocycles. The average Bonchev–Trinajstić information content (AvgIpc) is 2.48. The van der Waals surface area contributed by atoms with E-state index < -0.39 is 0 Å². The first-order valence-corrected chi connectivity index (χ1v) is 7.22. The van der Waals surface area contributed by atoms with Crippen LogP contribution in [0.4, 0.5) is 5.69 Å². The van der Waals surface area contributed by atoms with Gasteiger partial charge in [0.15, 0.2) is 0 Å². The van der Waals surface area contributed by atoms with Crippen molar-refractivity contribution >= 4 is 11.6 Å². The van der Waals surface area contributed by atoms with Gasteiger partial charge in [0.05, 0.1) is 7.11 Å². The number of aryl methyl sites for hydroxylation is 1. The molecular formula is C18H21NO3. The minimum atomic E-state index is -0.383. The maximum atomic E-state index is 12.6. The summed E-state index contributed by atoms with van der Waals surface area (Å²) in [6.45, 7) is 6.10. The molecule has 0 radical (unpaired) electrons. The molecule has 0 saturated carbocycles. The number of para-hydroxylation sites is 1. The molecule has 0 aliphatic rings. The summed E-state index contributed by atoms with van der Waals surface area (Å²) in [5, 5.41) is 12.9. The number of methoxy groups -OCH3 is 1. The Labute approximate surface area is 130 Å². The summed E-state index contributed by atoms with van der Waals surface area (Å²) < 4.78 is 5.17. The smallest absolute Gasteiger partial charge is 0.263 e. The highest BCUT2D eigenvalue weighted by atomic mass is 16.5. The van der Waals surface area contributed by atoms with Crippen molar-refractivity contribution in [3.05, 3.63) is 53.1 Å². The van der Waals surface area contributed by atoms with Gasteiger partial charge in [0.25, 0.3) is 5.91 Å². The first kappa shape index (κ1) is 15.9. The molecule has 0 spiro atoms. The number of rotatable bonds is 4. The Kier molecular flexibility index (Phi) is 4.71. The van der Waals surface area contributed by atoms with Crippen LogP contribution in [0.3, 0.4) is 0 Å². The van der Waals surface area contributed by atoms with Gasteiger partial charge < -0.3 is 15.2 Å². The normalized spacial score (nSPS) is 10.6. The van der Waals surface area contributed by atoms with E-state index in [1.165, 1.54) is 13.2 Å². The third-order valence-corrected chi connectivity index (χ3v) is 3.62. The number of carbonyl (C=O) groups excluding carboxylic acids is 1. The van der Waals surface area contributed by atoms with Crippen molar-refractivity contribution in [1.82, 2.24) is 0 Å². The molecule has 22 heavy (non-hydrogen) atoms. The minimum Gasteiger partial charge on any atom is -0.507 e. The van der Waals surface area contributed by atoms with Crippen LogP contribution in [-0.2, 0) is 0 Å². The van der Waals surface area contributed by atoms with E-state index in [2.05, 4.69) is 19.2 Å². The van der Waals surface area contributed by atoms with Crippen LogP contribution >= 0.6 is 0 Å². The molecule has 0 unspecified atom stereocenters. The van der Waals surface area contributed by atoms with E-state index >= 15 is 0 Å². The van der Waals surface area contributed by atoms with Crippen LogP contribution in [0.25, 0.3) is 0 Å². The number of hydrogen-bond acceptors (Lipinski definition) is 3. The lowest BCUT2D eigenvalue weighted by Gasteiger charge is -2.17. The standard InChI is InChI=1S/C18H21NO3/c1-11(2)13-8-5-7-12(3)17(13)19-18(21)16-14(20)9-6-10-15(16)22-4/h5-11,20H,1-4H3,(H,19,21). The predicted octanol–water partition coefficient (Wildman–Crippen LogP) is 4.08. The molecule has 2 rings (SSSR count). The van der Waals surface area contributed by atoms with Crippen LogP contribution < -0.4 is 10.1 Å². The van der Waals surface area contributed by atoms with Gasteiger partial charge in [-0.15, -0.1) is 0 Å². The quantitative estimate of drug-likeness (QED) is 0.894. The van der Waals surface area contributed by atoms with E-state index in [0.717, 1.165) is 16.8 Å². The molecule has 116 valence electrons. The van der Waals surface area contributed by atoms with E-state index in [-0.39, 0.29) is 23.1 Å². The number of benzene rings is 2. The Morgan fingerprint density at radius 3 is 2.50 bits per heavy atom. The molecule has 0 saturated heterocycles. The van der Waals surface area contributed by atoms with Gasteiger partial charge in [-0.05, 0) is 36.1 Å². The molecule has 4 heteroatoms. The monoisotopic (exact) mass is 299 g/mol.